The molecular formula is C20H43LiO4S. The SMILES string of the molecule is CCCCCCCCCCOS(=O)(=O)OCCCCCCCCCC.[LiH]. The first kappa shape index (κ1) is 28.7. The van der Waals surface area contributed by atoms with Crippen LogP contribution in [0.3, 0.4) is 0 Å². The second kappa shape index (κ2) is 21.8. The molecule has 0 aromatic carbocycles. The molecule has 0 aromatic heterocycles. The van der Waals surface area contributed by atoms with E-state index in [1.54, 1.807) is 0 Å². The summed E-state index contributed by atoms with van der Waals surface area (Å²) in [6, 6.07) is 0. The first-order valence-electron chi connectivity index (χ1n) is 10.7. The monoisotopic (exact) mass is 386 g/mol. The summed E-state index contributed by atoms with van der Waals surface area (Å²) >= 11 is 0. The molecule has 0 atom stereocenters. The molecule has 0 bridgehead atoms. The van der Waals surface area contributed by atoms with Crippen molar-refractivity contribution in [1.29, 1.82) is 0 Å². The minimum atomic E-state index is -3.79. The zero-order valence-corrected chi connectivity index (χ0v) is 17.6. The molecule has 0 radical (unpaired) electrons. The van der Waals surface area contributed by atoms with E-state index in [-0.39, 0.29) is 32.1 Å². The molecule has 0 spiro atoms. The average Bonchev–Trinajstić information content (AvgIpc) is 2.59. The maximum atomic E-state index is 11.6. The molecule has 0 aromatic rings. The van der Waals surface area contributed by atoms with E-state index in [2.05, 4.69) is 13.8 Å². The van der Waals surface area contributed by atoms with Crippen LogP contribution in [0.1, 0.15) is 117 Å². The average molecular weight is 387 g/mol. The van der Waals surface area contributed by atoms with E-state index >= 15 is 0 Å². The van der Waals surface area contributed by atoms with Gasteiger partial charge < -0.3 is 0 Å². The third-order valence-corrected chi connectivity index (χ3v) is 5.36. The molecule has 4 nitrogen and oxygen atoms in total. The van der Waals surface area contributed by atoms with Crippen molar-refractivity contribution < 1.29 is 16.8 Å². The van der Waals surface area contributed by atoms with Crippen molar-refractivity contribution >= 4 is 29.3 Å². The molecule has 0 unspecified atom stereocenters. The standard InChI is InChI=1S/C20H42O4S.Li.H/c1-3-5-7-9-11-13-15-17-19-23-25(21,22)24-20-18-16-14-12-10-8-6-4-2;;/h3-20H2,1-2H3;;. The fraction of sp³-hybridized carbons (Fsp3) is 1.00. The maximum absolute atomic E-state index is 11.6. The van der Waals surface area contributed by atoms with Crippen molar-refractivity contribution in [3.05, 3.63) is 0 Å². The number of unbranched alkanes of at least 4 members (excludes halogenated alkanes) is 14. The summed E-state index contributed by atoms with van der Waals surface area (Å²) in [7, 11) is -3.79. The van der Waals surface area contributed by atoms with E-state index in [0.29, 0.717) is 0 Å². The molecule has 0 aliphatic carbocycles. The van der Waals surface area contributed by atoms with Crippen molar-refractivity contribution in [1.82, 2.24) is 0 Å². The third kappa shape index (κ3) is 22.5. The Morgan fingerprint density at radius 1 is 0.500 bits per heavy atom. The Morgan fingerprint density at radius 2 is 0.769 bits per heavy atom. The Balaban J connectivity index is 0. The van der Waals surface area contributed by atoms with E-state index in [1.807, 2.05) is 0 Å². The summed E-state index contributed by atoms with van der Waals surface area (Å²) in [5, 5.41) is 0. The Kier molecular flexibility index (Phi) is 24.0. The van der Waals surface area contributed by atoms with Crippen LogP contribution in [0.25, 0.3) is 0 Å². The van der Waals surface area contributed by atoms with E-state index in [0.717, 1.165) is 38.5 Å². The van der Waals surface area contributed by atoms with Gasteiger partial charge in [-0.1, -0.05) is 104 Å². The molecule has 0 fully saturated rings. The fourth-order valence-electron chi connectivity index (χ4n) is 2.83. The van der Waals surface area contributed by atoms with E-state index in [4.69, 9.17) is 8.37 Å². The van der Waals surface area contributed by atoms with Crippen LogP contribution in [-0.4, -0.2) is 40.5 Å². The van der Waals surface area contributed by atoms with Gasteiger partial charge in [-0.15, -0.1) is 0 Å². The molecule has 0 aliphatic heterocycles. The summed E-state index contributed by atoms with van der Waals surface area (Å²) in [6.07, 6.45) is 18.8. The quantitative estimate of drug-likeness (QED) is 0.193. The summed E-state index contributed by atoms with van der Waals surface area (Å²) in [4.78, 5) is 0. The van der Waals surface area contributed by atoms with Crippen LogP contribution in [0, 0.1) is 0 Å². The van der Waals surface area contributed by atoms with Gasteiger partial charge in [0, 0.05) is 0 Å². The van der Waals surface area contributed by atoms with Gasteiger partial charge in [-0.05, 0) is 12.8 Å². The van der Waals surface area contributed by atoms with Gasteiger partial charge in [0.05, 0.1) is 13.2 Å². The van der Waals surface area contributed by atoms with Crippen molar-refractivity contribution in [2.24, 2.45) is 0 Å². The molecule has 0 N–H and O–H groups in total. The zero-order valence-electron chi connectivity index (χ0n) is 16.8. The van der Waals surface area contributed by atoms with E-state index in [1.165, 1.54) is 64.2 Å². The molecule has 6 heteroatoms. The van der Waals surface area contributed by atoms with Gasteiger partial charge in [0.25, 0.3) is 0 Å². The zero-order chi connectivity index (χ0) is 18.6. The molecule has 0 rings (SSSR count). The Bertz CT molecular complexity index is 333. The molecule has 0 saturated carbocycles. The second-order valence-electron chi connectivity index (χ2n) is 7.00. The van der Waals surface area contributed by atoms with Gasteiger partial charge in [0.2, 0.25) is 0 Å². The van der Waals surface area contributed by atoms with E-state index < -0.39 is 10.4 Å². The van der Waals surface area contributed by atoms with Crippen LogP contribution < -0.4 is 0 Å². The third-order valence-electron chi connectivity index (χ3n) is 4.45. The van der Waals surface area contributed by atoms with Gasteiger partial charge in [-0.2, -0.15) is 8.42 Å². The summed E-state index contributed by atoms with van der Waals surface area (Å²) in [5.74, 6) is 0. The van der Waals surface area contributed by atoms with Crippen LogP contribution in [0.5, 0.6) is 0 Å². The van der Waals surface area contributed by atoms with E-state index in [9.17, 15) is 8.42 Å². The van der Waals surface area contributed by atoms with Gasteiger partial charge in [0.15, 0.2) is 0 Å². The molecular weight excluding hydrogens is 343 g/mol. The van der Waals surface area contributed by atoms with Crippen molar-refractivity contribution in [3.8, 4) is 0 Å². The molecule has 0 heterocycles. The topological polar surface area (TPSA) is 52.6 Å². The van der Waals surface area contributed by atoms with Gasteiger partial charge in [-0.3, -0.25) is 0 Å². The first-order chi connectivity index (χ1) is 12.1. The normalized spacial score (nSPS) is 11.5. The van der Waals surface area contributed by atoms with Crippen LogP contribution in [0.15, 0.2) is 0 Å². The van der Waals surface area contributed by atoms with Crippen LogP contribution in [0.4, 0.5) is 0 Å². The molecule has 26 heavy (non-hydrogen) atoms. The second-order valence-corrected chi connectivity index (χ2v) is 8.29. The van der Waals surface area contributed by atoms with Gasteiger partial charge in [0.1, 0.15) is 0 Å². The van der Waals surface area contributed by atoms with Crippen molar-refractivity contribution in [2.45, 2.75) is 117 Å². The van der Waals surface area contributed by atoms with Crippen LogP contribution >= 0.6 is 0 Å². The molecule has 0 saturated heterocycles. The van der Waals surface area contributed by atoms with Crippen LogP contribution in [-0.2, 0) is 18.8 Å². The number of hydrogen-bond acceptors (Lipinski definition) is 4. The summed E-state index contributed by atoms with van der Waals surface area (Å²) < 4.78 is 33.0. The van der Waals surface area contributed by atoms with Crippen molar-refractivity contribution in [3.63, 3.8) is 0 Å². The summed E-state index contributed by atoms with van der Waals surface area (Å²) in [5.41, 5.74) is 0. The Hall–Kier alpha value is 0.467. The van der Waals surface area contributed by atoms with Gasteiger partial charge in [-0.25, -0.2) is 8.37 Å². The molecule has 0 amide bonds. The Labute approximate surface area is 175 Å². The minimum absolute atomic E-state index is 0. The Morgan fingerprint density at radius 3 is 1.08 bits per heavy atom. The fourth-order valence-corrected chi connectivity index (χ4v) is 3.54. The summed E-state index contributed by atoms with van der Waals surface area (Å²) in [6.45, 7) is 4.92. The molecule has 154 valence electrons. The molecule has 0 aliphatic rings. The predicted octanol–water partition coefficient (Wildman–Crippen LogP) is 5.90. The first-order valence-corrected chi connectivity index (χ1v) is 12.0. The number of rotatable bonds is 20. The predicted molar refractivity (Wildman–Crippen MR) is 113 cm³/mol. The number of hydrogen-bond donors (Lipinski definition) is 0. The van der Waals surface area contributed by atoms with Crippen LogP contribution in [0.2, 0.25) is 0 Å². The van der Waals surface area contributed by atoms with Crippen molar-refractivity contribution in [2.75, 3.05) is 13.2 Å². The van der Waals surface area contributed by atoms with Gasteiger partial charge >= 0.3 is 29.3 Å².